The van der Waals surface area contributed by atoms with Crippen LogP contribution in [-0.4, -0.2) is 16.6 Å². The van der Waals surface area contributed by atoms with Gasteiger partial charge in [0.1, 0.15) is 43.7 Å². The van der Waals surface area contributed by atoms with Gasteiger partial charge in [0, 0.05) is 5.39 Å². The molecule has 2 heterocycles. The van der Waals surface area contributed by atoms with Crippen LogP contribution in [0.15, 0.2) is 78.8 Å². The number of hydrogen-bond donors (Lipinski definition) is 0. The first-order chi connectivity index (χ1) is 12.9. The number of benzene rings is 2. The molecule has 0 unspecified atom stereocenters. The number of hydrogen-bond acceptors (Lipinski definition) is 6. The summed E-state index contributed by atoms with van der Waals surface area (Å²) in [5, 5.41) is 2.56. The van der Waals surface area contributed by atoms with Crippen molar-refractivity contribution in [1.82, 2.24) is 9.97 Å². The largest absolute Gasteiger partial charge is 0.494 e. The summed E-state index contributed by atoms with van der Waals surface area (Å²) >= 11 is 0. The molecular weight excluding hydrogens is 330 g/mol. The summed E-state index contributed by atoms with van der Waals surface area (Å²) in [5.41, 5.74) is 0.792. The molecule has 3 aromatic rings. The minimum Gasteiger partial charge on any atom is -0.494 e. The molecule has 0 radical (unpaired) electrons. The Labute approximate surface area is 149 Å². The average molecular weight is 345 g/mol. The van der Waals surface area contributed by atoms with Crippen LogP contribution in [0.4, 0.5) is 5.82 Å². The molecule has 1 aliphatic rings. The van der Waals surface area contributed by atoms with Crippen molar-refractivity contribution in [3.05, 3.63) is 84.4 Å². The SMILES string of the molecule is C1=COC/C=c2/ccccc2=Nc2ncnc3ccc(cc23)O/C=C\O1. The van der Waals surface area contributed by atoms with Crippen molar-refractivity contribution in [2.75, 3.05) is 6.61 Å². The number of aromatic nitrogens is 2. The van der Waals surface area contributed by atoms with Crippen LogP contribution in [-0.2, 0) is 9.47 Å². The Balaban J connectivity index is 1.93. The fourth-order valence-corrected chi connectivity index (χ4v) is 2.51. The van der Waals surface area contributed by atoms with E-state index in [0.29, 0.717) is 18.2 Å². The predicted octanol–water partition coefficient (Wildman–Crippen LogP) is 2.73. The van der Waals surface area contributed by atoms with E-state index in [1.54, 1.807) is 0 Å². The minimum atomic E-state index is 0.390. The predicted molar refractivity (Wildman–Crippen MR) is 96.8 cm³/mol. The van der Waals surface area contributed by atoms with Crippen molar-refractivity contribution in [2.24, 2.45) is 4.99 Å². The Kier molecular flexibility index (Phi) is 4.56. The molecule has 6 nitrogen and oxygen atoms in total. The maximum Gasteiger partial charge on any atom is 0.163 e. The third kappa shape index (κ3) is 3.54. The fourth-order valence-electron chi connectivity index (χ4n) is 2.51. The number of fused-ring (bicyclic) bond motifs is 2. The lowest BCUT2D eigenvalue weighted by atomic mass is 10.2. The summed E-state index contributed by atoms with van der Waals surface area (Å²) in [6, 6.07) is 13.4. The van der Waals surface area contributed by atoms with E-state index in [2.05, 4.69) is 9.97 Å². The molecule has 2 aromatic carbocycles. The van der Waals surface area contributed by atoms with Crippen molar-refractivity contribution in [2.45, 2.75) is 0 Å². The van der Waals surface area contributed by atoms with Gasteiger partial charge in [-0.25, -0.2) is 15.0 Å². The topological polar surface area (TPSA) is 65.8 Å². The van der Waals surface area contributed by atoms with E-state index >= 15 is 0 Å². The minimum absolute atomic E-state index is 0.390. The van der Waals surface area contributed by atoms with Gasteiger partial charge in [0.25, 0.3) is 0 Å². The van der Waals surface area contributed by atoms with Crippen LogP contribution in [0.3, 0.4) is 0 Å². The maximum absolute atomic E-state index is 5.55. The van der Waals surface area contributed by atoms with Gasteiger partial charge in [-0.05, 0) is 35.6 Å². The van der Waals surface area contributed by atoms with Crippen LogP contribution in [0.5, 0.6) is 5.75 Å². The van der Waals surface area contributed by atoms with E-state index in [-0.39, 0.29) is 0 Å². The van der Waals surface area contributed by atoms with Crippen LogP contribution in [0.25, 0.3) is 17.0 Å². The van der Waals surface area contributed by atoms with Gasteiger partial charge in [-0.2, -0.15) is 0 Å². The molecule has 0 amide bonds. The molecule has 128 valence electrons. The van der Waals surface area contributed by atoms with Crippen LogP contribution in [0.2, 0.25) is 0 Å². The van der Waals surface area contributed by atoms with Gasteiger partial charge in [-0.15, -0.1) is 0 Å². The van der Waals surface area contributed by atoms with Gasteiger partial charge < -0.3 is 14.2 Å². The third-order valence-corrected chi connectivity index (χ3v) is 3.72. The van der Waals surface area contributed by atoms with Crippen molar-refractivity contribution in [3.8, 4) is 5.75 Å². The number of rotatable bonds is 0. The molecule has 0 saturated heterocycles. The van der Waals surface area contributed by atoms with Gasteiger partial charge in [-0.1, -0.05) is 18.2 Å². The zero-order valence-electron chi connectivity index (χ0n) is 13.8. The first-order valence-electron chi connectivity index (χ1n) is 8.03. The average Bonchev–Trinajstić information content (AvgIpc) is 2.67. The number of ether oxygens (including phenoxy) is 3. The lowest BCUT2D eigenvalue weighted by Gasteiger charge is -2.04. The lowest BCUT2D eigenvalue weighted by molar-refractivity contribution is 0.275. The molecule has 26 heavy (non-hydrogen) atoms. The highest BCUT2D eigenvalue weighted by Gasteiger charge is 2.04. The molecular formula is C20H15N3O3. The van der Waals surface area contributed by atoms with Crippen molar-refractivity contribution in [3.63, 3.8) is 0 Å². The maximum atomic E-state index is 5.55. The standard InChI is InChI=1S/C20H15N3O3/c1-2-4-18-15(3-1)7-8-24-9-10-25-11-12-26-16-5-6-19-17(13-16)20(23-18)22-14-21-19/h1-7,9-14H,8H2/b10-9?,12-11-,15-7-,23-18?. The van der Waals surface area contributed by atoms with Gasteiger partial charge in [0.15, 0.2) is 5.82 Å². The van der Waals surface area contributed by atoms with Crippen LogP contribution < -0.4 is 15.3 Å². The molecule has 0 atom stereocenters. The van der Waals surface area contributed by atoms with Gasteiger partial charge in [0.2, 0.25) is 0 Å². The molecule has 1 aliphatic heterocycles. The Hall–Kier alpha value is -3.67. The van der Waals surface area contributed by atoms with E-state index in [1.165, 1.54) is 31.4 Å². The van der Waals surface area contributed by atoms with Crippen LogP contribution in [0, 0.1) is 0 Å². The highest BCUT2D eigenvalue weighted by Crippen LogP contribution is 2.25. The zero-order valence-corrected chi connectivity index (χ0v) is 13.8. The van der Waals surface area contributed by atoms with Gasteiger partial charge in [-0.3, -0.25) is 0 Å². The van der Waals surface area contributed by atoms with E-state index < -0.39 is 0 Å². The molecule has 6 heteroatoms. The summed E-state index contributed by atoms with van der Waals surface area (Å²) in [7, 11) is 0. The van der Waals surface area contributed by atoms with E-state index in [9.17, 15) is 0 Å². The van der Waals surface area contributed by atoms with Crippen LogP contribution >= 0.6 is 0 Å². The van der Waals surface area contributed by atoms with Crippen molar-refractivity contribution < 1.29 is 14.2 Å². The molecule has 0 saturated carbocycles. The molecule has 0 aliphatic carbocycles. The molecule has 1 aromatic heterocycles. The summed E-state index contributed by atoms with van der Waals surface area (Å²) in [5.74, 6) is 1.21. The third-order valence-electron chi connectivity index (χ3n) is 3.72. The Bertz CT molecular complexity index is 1110. The first-order valence-corrected chi connectivity index (χ1v) is 8.03. The van der Waals surface area contributed by atoms with E-state index in [4.69, 9.17) is 19.2 Å². The van der Waals surface area contributed by atoms with Crippen molar-refractivity contribution >= 4 is 22.8 Å². The van der Waals surface area contributed by atoms with E-state index in [1.807, 2.05) is 48.5 Å². The highest BCUT2D eigenvalue weighted by molar-refractivity contribution is 5.88. The van der Waals surface area contributed by atoms with Crippen LogP contribution in [0.1, 0.15) is 0 Å². The van der Waals surface area contributed by atoms with E-state index in [0.717, 1.165) is 21.5 Å². The summed E-state index contributed by atoms with van der Waals surface area (Å²) < 4.78 is 16.1. The molecule has 0 N–H and O–H groups in total. The summed E-state index contributed by atoms with van der Waals surface area (Å²) in [4.78, 5) is 13.4. The smallest absolute Gasteiger partial charge is 0.163 e. The number of para-hydroxylation sites is 1. The summed E-state index contributed by atoms with van der Waals surface area (Å²) in [6.45, 7) is 0.390. The Morgan fingerprint density at radius 2 is 1.81 bits per heavy atom. The lowest BCUT2D eigenvalue weighted by Crippen LogP contribution is -2.24. The summed E-state index contributed by atoms with van der Waals surface area (Å²) in [6.07, 6.45) is 9.22. The quantitative estimate of drug-likeness (QED) is 0.627. The highest BCUT2D eigenvalue weighted by atomic mass is 16.5. The zero-order chi connectivity index (χ0) is 17.6. The molecule has 2 bridgehead atoms. The van der Waals surface area contributed by atoms with Gasteiger partial charge >= 0.3 is 0 Å². The monoisotopic (exact) mass is 345 g/mol. The second-order valence-electron chi connectivity index (χ2n) is 5.38. The second kappa shape index (κ2) is 7.48. The molecule has 0 fully saturated rings. The molecule has 4 rings (SSSR count). The number of nitrogens with zero attached hydrogens (tertiary/aromatic N) is 3. The van der Waals surface area contributed by atoms with Crippen molar-refractivity contribution in [1.29, 1.82) is 0 Å². The molecule has 0 spiro atoms. The first kappa shape index (κ1) is 15.8. The fraction of sp³-hybridized carbons (Fsp3) is 0.0500. The normalized spacial score (nSPS) is 16.2. The Morgan fingerprint density at radius 3 is 2.81 bits per heavy atom. The second-order valence-corrected chi connectivity index (χ2v) is 5.38. The van der Waals surface area contributed by atoms with Gasteiger partial charge in [0.05, 0.1) is 10.9 Å². The Morgan fingerprint density at radius 1 is 0.885 bits per heavy atom.